The van der Waals surface area contributed by atoms with Gasteiger partial charge in [0.05, 0.1) is 5.56 Å². The van der Waals surface area contributed by atoms with Crippen molar-refractivity contribution in [3.8, 4) is 11.6 Å². The minimum absolute atomic E-state index is 0.131. The van der Waals surface area contributed by atoms with Crippen LogP contribution in [0.3, 0.4) is 0 Å². The molecule has 1 aliphatic heterocycles. The first-order valence-electron chi connectivity index (χ1n) is 8.38. The Morgan fingerprint density at radius 2 is 2.32 bits per heavy atom. The number of aromatic nitrogens is 3. The molecule has 0 N–H and O–H groups in total. The quantitative estimate of drug-likeness (QED) is 0.702. The van der Waals surface area contributed by atoms with Crippen LogP contribution in [0.1, 0.15) is 35.4 Å². The van der Waals surface area contributed by atoms with Crippen molar-refractivity contribution in [2.24, 2.45) is 0 Å². The standard InChI is InChI=1S/C18H18N4O2S/c23-18(13-8-11-25-12-13)22-10-3-4-14(22)6-7-16-20-17(24-21-16)15-5-1-2-9-19-15/h1-2,5,8-9,11-12,14H,3-4,6-7,10H2. The number of rotatable bonds is 5. The lowest BCUT2D eigenvalue weighted by molar-refractivity contribution is 0.0731. The fourth-order valence-corrected chi connectivity index (χ4v) is 3.83. The summed E-state index contributed by atoms with van der Waals surface area (Å²) in [4.78, 5) is 23.2. The van der Waals surface area contributed by atoms with Crippen molar-refractivity contribution in [2.45, 2.75) is 31.7 Å². The Labute approximate surface area is 149 Å². The van der Waals surface area contributed by atoms with Gasteiger partial charge in [-0.2, -0.15) is 16.3 Å². The molecular formula is C18H18N4O2S. The van der Waals surface area contributed by atoms with Crippen LogP contribution < -0.4 is 0 Å². The number of aryl methyl sites for hydroxylation is 1. The molecule has 1 unspecified atom stereocenters. The molecule has 0 spiro atoms. The van der Waals surface area contributed by atoms with E-state index in [0.29, 0.717) is 23.8 Å². The molecule has 1 saturated heterocycles. The average Bonchev–Trinajstić information content (AvgIpc) is 3.41. The molecular weight excluding hydrogens is 336 g/mol. The second kappa shape index (κ2) is 7.14. The Morgan fingerprint density at radius 3 is 3.12 bits per heavy atom. The largest absolute Gasteiger partial charge is 0.336 e. The van der Waals surface area contributed by atoms with E-state index >= 15 is 0 Å². The first kappa shape index (κ1) is 16.0. The summed E-state index contributed by atoms with van der Waals surface area (Å²) in [7, 11) is 0. The van der Waals surface area contributed by atoms with E-state index in [1.165, 1.54) is 0 Å². The Morgan fingerprint density at radius 1 is 1.36 bits per heavy atom. The highest BCUT2D eigenvalue weighted by atomic mass is 32.1. The summed E-state index contributed by atoms with van der Waals surface area (Å²) < 4.78 is 5.30. The third-order valence-electron chi connectivity index (χ3n) is 4.46. The van der Waals surface area contributed by atoms with Crippen LogP contribution in [0.25, 0.3) is 11.6 Å². The Kier molecular flexibility index (Phi) is 4.56. The van der Waals surface area contributed by atoms with Gasteiger partial charge in [-0.25, -0.2) is 0 Å². The van der Waals surface area contributed by atoms with Gasteiger partial charge in [0.25, 0.3) is 11.8 Å². The van der Waals surface area contributed by atoms with Crippen molar-refractivity contribution in [1.29, 1.82) is 0 Å². The lowest BCUT2D eigenvalue weighted by Gasteiger charge is -2.24. The SMILES string of the molecule is O=C(c1ccsc1)N1CCCC1CCc1noc(-c2ccccn2)n1. The fraction of sp³-hybridized carbons (Fsp3) is 0.333. The summed E-state index contributed by atoms with van der Waals surface area (Å²) >= 11 is 1.55. The number of amides is 1. The van der Waals surface area contributed by atoms with Gasteiger partial charge >= 0.3 is 0 Å². The molecule has 128 valence electrons. The lowest BCUT2D eigenvalue weighted by Crippen LogP contribution is -2.35. The van der Waals surface area contributed by atoms with E-state index in [0.717, 1.165) is 31.4 Å². The molecule has 1 amide bonds. The van der Waals surface area contributed by atoms with Gasteiger partial charge in [-0.15, -0.1) is 0 Å². The number of nitrogens with zero attached hydrogens (tertiary/aromatic N) is 4. The smallest absolute Gasteiger partial charge is 0.276 e. The van der Waals surface area contributed by atoms with Gasteiger partial charge in [0.15, 0.2) is 5.82 Å². The number of hydrogen-bond donors (Lipinski definition) is 0. The van der Waals surface area contributed by atoms with E-state index in [9.17, 15) is 4.79 Å². The van der Waals surface area contributed by atoms with Gasteiger partial charge in [0, 0.05) is 30.6 Å². The second-order valence-corrected chi connectivity index (χ2v) is 6.86. The molecule has 1 aliphatic rings. The molecule has 6 nitrogen and oxygen atoms in total. The molecule has 1 fully saturated rings. The van der Waals surface area contributed by atoms with Crippen LogP contribution in [0.5, 0.6) is 0 Å². The summed E-state index contributed by atoms with van der Waals surface area (Å²) in [5.74, 6) is 1.23. The zero-order chi connectivity index (χ0) is 17.1. The van der Waals surface area contributed by atoms with E-state index in [2.05, 4.69) is 15.1 Å². The first-order chi connectivity index (χ1) is 12.3. The number of pyridine rings is 1. The molecule has 7 heteroatoms. The predicted molar refractivity (Wildman–Crippen MR) is 94.2 cm³/mol. The highest BCUT2D eigenvalue weighted by molar-refractivity contribution is 7.08. The van der Waals surface area contributed by atoms with Crippen LogP contribution in [-0.2, 0) is 6.42 Å². The maximum absolute atomic E-state index is 12.6. The zero-order valence-electron chi connectivity index (χ0n) is 13.7. The van der Waals surface area contributed by atoms with Crippen molar-refractivity contribution in [3.63, 3.8) is 0 Å². The van der Waals surface area contributed by atoms with Gasteiger partial charge in [-0.05, 0) is 42.8 Å². The van der Waals surface area contributed by atoms with Gasteiger partial charge in [-0.3, -0.25) is 9.78 Å². The van der Waals surface area contributed by atoms with Crippen molar-refractivity contribution >= 4 is 17.2 Å². The second-order valence-electron chi connectivity index (χ2n) is 6.08. The monoisotopic (exact) mass is 354 g/mol. The first-order valence-corrected chi connectivity index (χ1v) is 9.33. The summed E-state index contributed by atoms with van der Waals surface area (Å²) in [5.41, 5.74) is 1.46. The van der Waals surface area contributed by atoms with E-state index in [1.54, 1.807) is 17.5 Å². The third kappa shape index (κ3) is 3.46. The minimum atomic E-state index is 0.131. The molecule has 4 heterocycles. The van der Waals surface area contributed by atoms with E-state index in [1.807, 2.05) is 39.9 Å². The number of carbonyl (C=O) groups excluding carboxylic acids is 1. The number of carbonyl (C=O) groups is 1. The molecule has 0 bridgehead atoms. The third-order valence-corrected chi connectivity index (χ3v) is 5.14. The van der Waals surface area contributed by atoms with E-state index in [-0.39, 0.29) is 11.9 Å². The molecule has 0 aliphatic carbocycles. The molecule has 0 saturated carbocycles. The van der Waals surface area contributed by atoms with Crippen molar-refractivity contribution in [2.75, 3.05) is 6.54 Å². The maximum atomic E-state index is 12.6. The molecule has 25 heavy (non-hydrogen) atoms. The zero-order valence-corrected chi connectivity index (χ0v) is 14.5. The van der Waals surface area contributed by atoms with E-state index in [4.69, 9.17) is 4.52 Å². The highest BCUT2D eigenvalue weighted by Crippen LogP contribution is 2.24. The van der Waals surface area contributed by atoms with E-state index < -0.39 is 0 Å². The minimum Gasteiger partial charge on any atom is -0.336 e. The summed E-state index contributed by atoms with van der Waals surface area (Å²) in [5, 5.41) is 7.90. The van der Waals surface area contributed by atoms with Crippen LogP contribution in [0.2, 0.25) is 0 Å². The Bertz CT molecular complexity index is 832. The van der Waals surface area contributed by atoms with Crippen LogP contribution >= 0.6 is 11.3 Å². The number of thiophene rings is 1. The topological polar surface area (TPSA) is 72.1 Å². The molecule has 1 atom stereocenters. The van der Waals surface area contributed by atoms with Crippen molar-refractivity contribution in [3.05, 3.63) is 52.6 Å². The number of likely N-dealkylation sites (tertiary alicyclic amines) is 1. The van der Waals surface area contributed by atoms with Crippen LogP contribution in [0.4, 0.5) is 0 Å². The number of hydrogen-bond acceptors (Lipinski definition) is 6. The van der Waals surface area contributed by atoms with Crippen molar-refractivity contribution < 1.29 is 9.32 Å². The van der Waals surface area contributed by atoms with Gasteiger partial charge < -0.3 is 9.42 Å². The van der Waals surface area contributed by atoms with Crippen molar-refractivity contribution in [1.82, 2.24) is 20.0 Å². The Hall–Kier alpha value is -2.54. The summed E-state index contributed by atoms with van der Waals surface area (Å²) in [6.07, 6.45) is 5.31. The van der Waals surface area contributed by atoms with Crippen LogP contribution in [0, 0.1) is 0 Å². The summed E-state index contributed by atoms with van der Waals surface area (Å²) in [6, 6.07) is 7.71. The molecule has 3 aromatic heterocycles. The molecule has 0 radical (unpaired) electrons. The fourth-order valence-electron chi connectivity index (χ4n) is 3.20. The molecule has 3 aromatic rings. The van der Waals surface area contributed by atoms with Crippen LogP contribution in [-0.4, -0.2) is 38.5 Å². The molecule has 0 aromatic carbocycles. The normalized spacial score (nSPS) is 17.1. The van der Waals surface area contributed by atoms with Gasteiger partial charge in [0.2, 0.25) is 0 Å². The summed E-state index contributed by atoms with van der Waals surface area (Å²) in [6.45, 7) is 0.824. The van der Waals surface area contributed by atoms with Crippen LogP contribution in [0.15, 0.2) is 45.7 Å². The maximum Gasteiger partial charge on any atom is 0.276 e. The molecule has 4 rings (SSSR count). The predicted octanol–water partition coefficient (Wildman–Crippen LogP) is 3.43. The Balaban J connectivity index is 1.39. The van der Waals surface area contributed by atoms with Gasteiger partial charge in [0.1, 0.15) is 5.69 Å². The van der Waals surface area contributed by atoms with Gasteiger partial charge in [-0.1, -0.05) is 11.2 Å². The lowest BCUT2D eigenvalue weighted by atomic mass is 10.1. The highest BCUT2D eigenvalue weighted by Gasteiger charge is 2.29. The average molecular weight is 354 g/mol.